The van der Waals surface area contributed by atoms with Crippen molar-refractivity contribution >= 4 is 26.6 Å². The molecule has 2 heterocycles. The number of para-hydroxylation sites is 1. The molecule has 3 aromatic rings. The molecule has 1 N–H and O–H groups in total. The monoisotopic (exact) mass is 437 g/mol. The number of sulfonamides is 1. The van der Waals surface area contributed by atoms with Crippen LogP contribution in [-0.2, 0) is 16.4 Å². The lowest BCUT2D eigenvalue weighted by molar-refractivity contribution is 0.225. The van der Waals surface area contributed by atoms with Gasteiger partial charge in [-0.25, -0.2) is 8.42 Å². The Bertz CT molecular complexity index is 1120. The molecule has 5 nitrogen and oxygen atoms in total. The summed E-state index contributed by atoms with van der Waals surface area (Å²) in [7, 11) is -3.66. The first-order valence-electron chi connectivity index (χ1n) is 11.2. The van der Waals surface area contributed by atoms with E-state index in [9.17, 15) is 8.42 Å². The van der Waals surface area contributed by atoms with E-state index in [4.69, 9.17) is 4.98 Å². The highest BCUT2D eigenvalue weighted by Crippen LogP contribution is 2.25. The van der Waals surface area contributed by atoms with Crippen LogP contribution < -0.4 is 4.72 Å². The summed E-state index contributed by atoms with van der Waals surface area (Å²) in [5.41, 5.74) is 3.25. The third-order valence-corrected chi connectivity index (χ3v) is 7.34. The SMILES string of the molecule is Cc1ccc(S(=O)(=O)Nc2cccc3ccc(CCCCN4CCCCC4)nc23)cc1. The van der Waals surface area contributed by atoms with Crippen LogP contribution in [0.1, 0.15) is 43.4 Å². The molecule has 1 saturated heterocycles. The molecular weight excluding hydrogens is 406 g/mol. The minimum atomic E-state index is -3.66. The van der Waals surface area contributed by atoms with E-state index in [2.05, 4.69) is 15.7 Å². The number of hydrogen-bond acceptors (Lipinski definition) is 4. The van der Waals surface area contributed by atoms with Crippen molar-refractivity contribution in [3.8, 4) is 0 Å². The van der Waals surface area contributed by atoms with Gasteiger partial charge in [-0.05, 0) is 82.9 Å². The highest BCUT2D eigenvalue weighted by Gasteiger charge is 2.16. The van der Waals surface area contributed by atoms with Crippen LogP contribution in [0.15, 0.2) is 59.5 Å². The van der Waals surface area contributed by atoms with E-state index in [0.717, 1.165) is 36.0 Å². The molecule has 1 aliphatic heterocycles. The van der Waals surface area contributed by atoms with Crippen LogP contribution in [0.5, 0.6) is 0 Å². The summed E-state index contributed by atoms with van der Waals surface area (Å²) in [6.45, 7) is 5.57. The molecule has 164 valence electrons. The van der Waals surface area contributed by atoms with Crippen LogP contribution in [0, 0.1) is 6.92 Å². The van der Waals surface area contributed by atoms with Crippen molar-refractivity contribution in [3.05, 3.63) is 65.9 Å². The van der Waals surface area contributed by atoms with Crippen LogP contribution in [0.4, 0.5) is 5.69 Å². The lowest BCUT2D eigenvalue weighted by Gasteiger charge is -2.26. The number of pyridine rings is 1. The molecule has 2 aromatic carbocycles. The maximum Gasteiger partial charge on any atom is 0.261 e. The summed E-state index contributed by atoms with van der Waals surface area (Å²) < 4.78 is 28.5. The number of fused-ring (bicyclic) bond motifs is 1. The van der Waals surface area contributed by atoms with Gasteiger partial charge < -0.3 is 4.90 Å². The Balaban J connectivity index is 1.46. The summed E-state index contributed by atoms with van der Waals surface area (Å²) in [4.78, 5) is 7.63. The summed E-state index contributed by atoms with van der Waals surface area (Å²) in [5, 5.41) is 0.932. The summed E-state index contributed by atoms with van der Waals surface area (Å²) >= 11 is 0. The molecule has 31 heavy (non-hydrogen) atoms. The van der Waals surface area contributed by atoms with Gasteiger partial charge in [0, 0.05) is 11.1 Å². The highest BCUT2D eigenvalue weighted by molar-refractivity contribution is 7.92. The zero-order valence-electron chi connectivity index (χ0n) is 18.2. The number of benzene rings is 2. The van der Waals surface area contributed by atoms with Gasteiger partial charge in [0.2, 0.25) is 0 Å². The summed E-state index contributed by atoms with van der Waals surface area (Å²) in [5.74, 6) is 0. The van der Waals surface area contributed by atoms with E-state index in [1.807, 2.05) is 25.1 Å². The maximum atomic E-state index is 12.9. The van der Waals surface area contributed by atoms with Gasteiger partial charge in [0.25, 0.3) is 10.0 Å². The zero-order chi connectivity index (χ0) is 21.7. The van der Waals surface area contributed by atoms with Crippen LogP contribution in [0.25, 0.3) is 10.9 Å². The first-order chi connectivity index (χ1) is 15.0. The van der Waals surface area contributed by atoms with Crippen LogP contribution >= 0.6 is 0 Å². The van der Waals surface area contributed by atoms with Gasteiger partial charge in [-0.3, -0.25) is 9.71 Å². The largest absolute Gasteiger partial charge is 0.303 e. The normalized spacial score (nSPS) is 15.3. The van der Waals surface area contributed by atoms with E-state index >= 15 is 0 Å². The zero-order valence-corrected chi connectivity index (χ0v) is 19.0. The Morgan fingerprint density at radius 2 is 1.71 bits per heavy atom. The Hall–Kier alpha value is -2.44. The second-order valence-corrected chi connectivity index (χ2v) is 10.1. The Labute approximate surface area is 185 Å². The second kappa shape index (κ2) is 9.79. The number of rotatable bonds is 8. The van der Waals surface area contributed by atoms with Crippen molar-refractivity contribution in [1.82, 2.24) is 9.88 Å². The molecule has 1 aromatic heterocycles. The number of piperidine rings is 1. The van der Waals surface area contributed by atoms with E-state index in [0.29, 0.717) is 11.2 Å². The number of anilines is 1. The van der Waals surface area contributed by atoms with Gasteiger partial charge >= 0.3 is 0 Å². The molecule has 0 bridgehead atoms. The minimum absolute atomic E-state index is 0.254. The van der Waals surface area contributed by atoms with Crippen LogP contribution in [-0.4, -0.2) is 37.9 Å². The molecular formula is C25H31N3O2S. The summed E-state index contributed by atoms with van der Waals surface area (Å²) in [6, 6.07) is 16.6. The highest BCUT2D eigenvalue weighted by atomic mass is 32.2. The lowest BCUT2D eigenvalue weighted by atomic mass is 10.1. The van der Waals surface area contributed by atoms with Gasteiger partial charge in [0.15, 0.2) is 0 Å². The van der Waals surface area contributed by atoms with E-state index in [1.54, 1.807) is 30.3 Å². The first-order valence-corrected chi connectivity index (χ1v) is 12.7. The molecule has 1 fully saturated rings. The van der Waals surface area contributed by atoms with Crippen molar-refractivity contribution in [2.75, 3.05) is 24.4 Å². The fourth-order valence-corrected chi connectivity index (χ4v) is 5.22. The molecule has 6 heteroatoms. The molecule has 0 radical (unpaired) electrons. The molecule has 0 saturated carbocycles. The van der Waals surface area contributed by atoms with Crippen molar-refractivity contribution < 1.29 is 8.42 Å². The summed E-state index contributed by atoms with van der Waals surface area (Å²) in [6.07, 6.45) is 7.19. The van der Waals surface area contributed by atoms with Crippen LogP contribution in [0.2, 0.25) is 0 Å². The smallest absolute Gasteiger partial charge is 0.261 e. The Morgan fingerprint density at radius 1 is 0.935 bits per heavy atom. The Kier molecular flexibility index (Phi) is 6.88. The van der Waals surface area contributed by atoms with E-state index in [-0.39, 0.29) is 4.90 Å². The van der Waals surface area contributed by atoms with Gasteiger partial charge in [0.05, 0.1) is 16.1 Å². The minimum Gasteiger partial charge on any atom is -0.303 e. The molecule has 0 amide bonds. The Morgan fingerprint density at radius 3 is 2.48 bits per heavy atom. The fourth-order valence-electron chi connectivity index (χ4n) is 4.15. The number of aryl methyl sites for hydroxylation is 2. The predicted molar refractivity (Wildman–Crippen MR) is 127 cm³/mol. The molecule has 0 atom stereocenters. The topological polar surface area (TPSA) is 62.3 Å². The molecule has 1 aliphatic rings. The van der Waals surface area contributed by atoms with Crippen molar-refractivity contribution in [2.24, 2.45) is 0 Å². The molecule has 0 spiro atoms. The number of nitrogens with one attached hydrogen (secondary N) is 1. The molecule has 4 rings (SSSR count). The number of unbranched alkanes of at least 4 members (excludes halogenated alkanes) is 1. The average molecular weight is 438 g/mol. The lowest BCUT2D eigenvalue weighted by Crippen LogP contribution is -2.30. The van der Waals surface area contributed by atoms with E-state index < -0.39 is 10.0 Å². The third-order valence-electron chi connectivity index (χ3n) is 5.96. The maximum absolute atomic E-state index is 12.9. The molecule has 0 unspecified atom stereocenters. The van der Waals surface area contributed by atoms with Gasteiger partial charge in [-0.2, -0.15) is 0 Å². The molecule has 0 aliphatic carbocycles. The predicted octanol–water partition coefficient (Wildman–Crippen LogP) is 5.15. The van der Waals surface area contributed by atoms with Crippen molar-refractivity contribution in [2.45, 2.75) is 50.3 Å². The number of hydrogen-bond donors (Lipinski definition) is 1. The standard InChI is InChI=1S/C25H31N3O2S/c1-20-11-15-23(16-12-20)31(29,30)27-24-10-7-8-21-13-14-22(26-25(21)24)9-3-6-19-28-17-4-2-5-18-28/h7-8,10-16,27H,2-6,9,17-19H2,1H3. The number of aromatic nitrogens is 1. The quantitative estimate of drug-likeness (QED) is 0.495. The second-order valence-electron chi connectivity index (χ2n) is 8.46. The first kappa shape index (κ1) is 21.8. The van der Waals surface area contributed by atoms with Crippen molar-refractivity contribution in [1.29, 1.82) is 0 Å². The van der Waals surface area contributed by atoms with E-state index in [1.165, 1.54) is 38.8 Å². The number of likely N-dealkylation sites (tertiary alicyclic amines) is 1. The van der Waals surface area contributed by atoms with Crippen LogP contribution in [0.3, 0.4) is 0 Å². The average Bonchev–Trinajstić information content (AvgIpc) is 2.78. The van der Waals surface area contributed by atoms with Gasteiger partial charge in [0.1, 0.15) is 0 Å². The van der Waals surface area contributed by atoms with Crippen molar-refractivity contribution in [3.63, 3.8) is 0 Å². The third kappa shape index (κ3) is 5.63. The van der Waals surface area contributed by atoms with Gasteiger partial charge in [-0.15, -0.1) is 0 Å². The van der Waals surface area contributed by atoms with Gasteiger partial charge in [-0.1, -0.05) is 42.3 Å². The number of nitrogens with zero attached hydrogens (tertiary/aromatic N) is 2. The fraction of sp³-hybridized carbons (Fsp3) is 0.400.